The fourth-order valence-corrected chi connectivity index (χ4v) is 4.84. The maximum Gasteiger partial charge on any atom is 0.279 e. The lowest BCUT2D eigenvalue weighted by Crippen LogP contribution is -2.55. The van der Waals surface area contributed by atoms with Crippen molar-refractivity contribution in [2.45, 2.75) is 59.3 Å². The van der Waals surface area contributed by atoms with E-state index < -0.39 is 0 Å². The SMILES string of the molecule is CCCCNC(=O)c1scc(C)c1NC(=O)C[N+]1(CC(C)=O)CCCCCC1. The van der Waals surface area contributed by atoms with Crippen molar-refractivity contribution in [3.63, 3.8) is 0 Å². The van der Waals surface area contributed by atoms with Crippen LogP contribution in [-0.4, -0.2) is 54.8 Å². The minimum absolute atomic E-state index is 0.118. The summed E-state index contributed by atoms with van der Waals surface area (Å²) in [7, 11) is 0. The van der Waals surface area contributed by atoms with Crippen molar-refractivity contribution in [3.05, 3.63) is 15.8 Å². The summed E-state index contributed by atoms with van der Waals surface area (Å²) < 4.78 is 0.530. The van der Waals surface area contributed by atoms with E-state index in [0.717, 1.165) is 57.2 Å². The second kappa shape index (κ2) is 10.7. The molecular weight excluding hydrogens is 374 g/mol. The molecule has 0 radical (unpaired) electrons. The summed E-state index contributed by atoms with van der Waals surface area (Å²) in [5.74, 6) is -0.131. The molecule has 7 heteroatoms. The Hall–Kier alpha value is -1.73. The fourth-order valence-electron chi connectivity index (χ4n) is 3.91. The number of likely N-dealkylation sites (tertiary alicyclic amines) is 1. The second-order valence-electron chi connectivity index (χ2n) is 8.00. The first kappa shape index (κ1) is 22.6. The van der Waals surface area contributed by atoms with Gasteiger partial charge in [0.25, 0.3) is 11.8 Å². The number of nitrogens with zero attached hydrogens (tertiary/aromatic N) is 1. The molecule has 2 rings (SSSR count). The molecular formula is C21H34N3O3S+. The molecule has 0 saturated carbocycles. The molecule has 156 valence electrons. The Morgan fingerprint density at radius 2 is 1.79 bits per heavy atom. The Kier molecular flexibility index (Phi) is 8.63. The third kappa shape index (κ3) is 6.41. The zero-order chi connectivity index (χ0) is 20.6. The predicted molar refractivity (Wildman–Crippen MR) is 114 cm³/mol. The minimum atomic E-state index is -0.135. The smallest absolute Gasteiger partial charge is 0.279 e. The maximum absolute atomic E-state index is 12.9. The number of thiophene rings is 1. The summed E-state index contributed by atoms with van der Waals surface area (Å²) in [4.78, 5) is 37.8. The number of anilines is 1. The predicted octanol–water partition coefficient (Wildman–Crippen LogP) is 3.50. The van der Waals surface area contributed by atoms with Crippen LogP contribution >= 0.6 is 11.3 Å². The molecule has 0 aliphatic carbocycles. The van der Waals surface area contributed by atoms with E-state index in [-0.39, 0.29) is 24.1 Å². The first-order chi connectivity index (χ1) is 13.4. The number of carbonyl (C=O) groups excluding carboxylic acids is 3. The van der Waals surface area contributed by atoms with Gasteiger partial charge in [0, 0.05) is 13.5 Å². The van der Waals surface area contributed by atoms with Gasteiger partial charge in [0.15, 0.2) is 12.3 Å². The summed E-state index contributed by atoms with van der Waals surface area (Å²) in [5.41, 5.74) is 1.51. The Labute approximate surface area is 172 Å². The van der Waals surface area contributed by atoms with Crippen molar-refractivity contribution in [2.75, 3.05) is 38.0 Å². The monoisotopic (exact) mass is 408 g/mol. The number of aryl methyl sites for hydroxylation is 1. The summed E-state index contributed by atoms with van der Waals surface area (Å²) >= 11 is 1.36. The van der Waals surface area contributed by atoms with Crippen LogP contribution in [0.2, 0.25) is 0 Å². The van der Waals surface area contributed by atoms with Crippen molar-refractivity contribution >= 4 is 34.6 Å². The molecule has 2 amide bonds. The third-order valence-corrected chi connectivity index (χ3v) is 6.41. The van der Waals surface area contributed by atoms with Crippen molar-refractivity contribution < 1.29 is 18.9 Å². The van der Waals surface area contributed by atoms with Gasteiger partial charge in [0.2, 0.25) is 0 Å². The molecule has 0 atom stereocenters. The number of nitrogens with one attached hydrogen (secondary N) is 2. The van der Waals surface area contributed by atoms with Crippen molar-refractivity contribution in [1.29, 1.82) is 0 Å². The lowest BCUT2D eigenvalue weighted by molar-refractivity contribution is -0.912. The highest BCUT2D eigenvalue weighted by atomic mass is 32.1. The first-order valence-electron chi connectivity index (χ1n) is 10.4. The summed E-state index contributed by atoms with van der Waals surface area (Å²) in [5, 5.41) is 7.80. The highest BCUT2D eigenvalue weighted by Gasteiger charge is 2.33. The zero-order valence-electron chi connectivity index (χ0n) is 17.4. The molecule has 0 spiro atoms. The van der Waals surface area contributed by atoms with Crippen LogP contribution in [0, 0.1) is 6.92 Å². The molecule has 1 aromatic heterocycles. The summed E-state index contributed by atoms with van der Waals surface area (Å²) in [6, 6.07) is 0. The van der Waals surface area contributed by atoms with Gasteiger partial charge >= 0.3 is 0 Å². The Morgan fingerprint density at radius 1 is 1.11 bits per heavy atom. The van der Waals surface area contributed by atoms with E-state index >= 15 is 0 Å². The number of hydrogen-bond donors (Lipinski definition) is 2. The molecule has 6 nitrogen and oxygen atoms in total. The number of Topliss-reactive ketones (excluding diaryl/α,β-unsaturated/α-hetero) is 1. The van der Waals surface area contributed by atoms with Crippen LogP contribution in [-0.2, 0) is 9.59 Å². The number of rotatable bonds is 9. The molecule has 2 N–H and O–H groups in total. The van der Waals surface area contributed by atoms with Crippen molar-refractivity contribution in [2.24, 2.45) is 0 Å². The van der Waals surface area contributed by atoms with E-state index in [1.54, 1.807) is 6.92 Å². The third-order valence-electron chi connectivity index (χ3n) is 5.31. The number of amides is 2. The van der Waals surface area contributed by atoms with Gasteiger partial charge < -0.3 is 15.1 Å². The van der Waals surface area contributed by atoms with Gasteiger partial charge in [0.1, 0.15) is 11.4 Å². The number of quaternary nitrogens is 1. The van der Waals surface area contributed by atoms with Gasteiger partial charge in [-0.25, -0.2) is 0 Å². The van der Waals surface area contributed by atoms with Gasteiger partial charge in [-0.3, -0.25) is 14.4 Å². The van der Waals surface area contributed by atoms with Gasteiger partial charge in [-0.05, 0) is 50.0 Å². The van der Waals surface area contributed by atoms with Crippen LogP contribution in [0.3, 0.4) is 0 Å². The largest absolute Gasteiger partial charge is 0.351 e. The number of hydrogen-bond acceptors (Lipinski definition) is 4. The Morgan fingerprint density at radius 3 is 2.39 bits per heavy atom. The van der Waals surface area contributed by atoms with E-state index in [0.29, 0.717) is 28.1 Å². The van der Waals surface area contributed by atoms with E-state index in [4.69, 9.17) is 0 Å². The summed E-state index contributed by atoms with van der Waals surface area (Å²) in [6.45, 7) is 8.63. The van der Waals surface area contributed by atoms with E-state index in [9.17, 15) is 14.4 Å². The molecule has 1 aliphatic heterocycles. The average Bonchev–Trinajstić information content (AvgIpc) is 2.83. The van der Waals surface area contributed by atoms with Gasteiger partial charge in [0.05, 0.1) is 18.8 Å². The quantitative estimate of drug-likeness (QED) is 0.485. The van der Waals surface area contributed by atoms with Crippen LogP contribution in [0.1, 0.15) is 67.6 Å². The standard InChI is InChI=1S/C21H33N3O3S/c1-4-5-10-22-21(27)20-19(16(2)15-28-20)23-18(26)14-24(13-17(3)25)11-8-6-7-9-12-24/h15H,4-14H2,1-3H3,(H-,22,23,26,27)/p+1. The topological polar surface area (TPSA) is 75.3 Å². The number of unbranched alkanes of at least 4 members (excludes halogenated alkanes) is 1. The van der Waals surface area contributed by atoms with Gasteiger partial charge in [-0.1, -0.05) is 13.3 Å². The zero-order valence-corrected chi connectivity index (χ0v) is 18.3. The molecule has 1 saturated heterocycles. The van der Waals surface area contributed by atoms with Crippen LogP contribution in [0.15, 0.2) is 5.38 Å². The van der Waals surface area contributed by atoms with Crippen LogP contribution < -0.4 is 10.6 Å². The van der Waals surface area contributed by atoms with Gasteiger partial charge in [-0.15, -0.1) is 11.3 Å². The Bertz CT molecular complexity index is 691. The molecule has 0 aromatic carbocycles. The number of ketones is 1. The van der Waals surface area contributed by atoms with E-state index in [2.05, 4.69) is 17.6 Å². The Balaban J connectivity index is 2.09. The van der Waals surface area contributed by atoms with Crippen molar-refractivity contribution in [1.82, 2.24) is 5.32 Å². The number of carbonyl (C=O) groups is 3. The van der Waals surface area contributed by atoms with Crippen LogP contribution in [0.25, 0.3) is 0 Å². The van der Waals surface area contributed by atoms with E-state index in [1.807, 2.05) is 12.3 Å². The highest BCUT2D eigenvalue weighted by molar-refractivity contribution is 7.13. The molecule has 1 aliphatic rings. The normalized spacial score (nSPS) is 16.2. The minimum Gasteiger partial charge on any atom is -0.351 e. The molecule has 1 fully saturated rings. The van der Waals surface area contributed by atoms with Crippen LogP contribution in [0.5, 0.6) is 0 Å². The first-order valence-corrected chi connectivity index (χ1v) is 11.3. The van der Waals surface area contributed by atoms with Crippen LogP contribution in [0.4, 0.5) is 5.69 Å². The summed E-state index contributed by atoms with van der Waals surface area (Å²) in [6.07, 6.45) is 6.36. The lowest BCUT2D eigenvalue weighted by atomic mass is 10.2. The fraction of sp³-hybridized carbons (Fsp3) is 0.667. The highest BCUT2D eigenvalue weighted by Crippen LogP contribution is 2.28. The maximum atomic E-state index is 12.9. The molecule has 2 heterocycles. The lowest BCUT2D eigenvalue weighted by Gasteiger charge is -2.36. The molecule has 28 heavy (non-hydrogen) atoms. The van der Waals surface area contributed by atoms with Gasteiger partial charge in [-0.2, -0.15) is 0 Å². The average molecular weight is 409 g/mol. The second-order valence-corrected chi connectivity index (χ2v) is 8.88. The molecule has 0 unspecified atom stereocenters. The molecule has 0 bridgehead atoms. The van der Waals surface area contributed by atoms with Crippen molar-refractivity contribution in [3.8, 4) is 0 Å². The molecule has 1 aromatic rings. The van der Waals surface area contributed by atoms with E-state index in [1.165, 1.54) is 11.3 Å².